The first kappa shape index (κ1) is 19.5. The van der Waals surface area contributed by atoms with E-state index >= 15 is 0 Å². The van der Waals surface area contributed by atoms with Crippen LogP contribution < -0.4 is 5.32 Å². The number of pyridine rings is 1. The van der Waals surface area contributed by atoms with Crippen LogP contribution in [0.15, 0.2) is 70.6 Å². The largest absolute Gasteiger partial charge is 0.461 e. The molecule has 0 fully saturated rings. The van der Waals surface area contributed by atoms with Crippen LogP contribution in [0.5, 0.6) is 0 Å². The van der Waals surface area contributed by atoms with Gasteiger partial charge in [-0.3, -0.25) is 9.36 Å². The number of furan rings is 1. The van der Waals surface area contributed by atoms with Crippen molar-refractivity contribution < 1.29 is 9.21 Å². The molecule has 0 saturated carbocycles. The molecule has 0 aliphatic heterocycles. The van der Waals surface area contributed by atoms with Crippen LogP contribution in [-0.4, -0.2) is 31.4 Å². The van der Waals surface area contributed by atoms with Gasteiger partial charge >= 0.3 is 0 Å². The maximum absolute atomic E-state index is 12.4. The van der Waals surface area contributed by atoms with Crippen LogP contribution in [0.4, 0.5) is 5.82 Å². The average molecular weight is 446 g/mol. The predicted molar refractivity (Wildman–Crippen MR) is 113 cm³/mol. The molecule has 0 spiro atoms. The molecule has 146 valence electrons. The van der Waals surface area contributed by atoms with Gasteiger partial charge in [-0.15, -0.1) is 10.2 Å². The number of carbonyl (C=O) groups is 1. The summed E-state index contributed by atoms with van der Waals surface area (Å²) in [4.78, 5) is 16.4. The number of thioether (sulfide) groups is 1. The number of halogens is 2. The lowest BCUT2D eigenvalue weighted by Crippen LogP contribution is -2.15. The Balaban J connectivity index is 1.55. The molecular formula is C19H13Cl2N5O2S. The second-order valence-electron chi connectivity index (χ2n) is 5.78. The fourth-order valence-corrected chi connectivity index (χ4v) is 3.72. The Hall–Kier alpha value is -2.81. The molecule has 0 radical (unpaired) electrons. The zero-order chi connectivity index (χ0) is 20.2. The number of anilines is 1. The van der Waals surface area contributed by atoms with Crippen molar-refractivity contribution in [3.63, 3.8) is 0 Å². The van der Waals surface area contributed by atoms with E-state index in [2.05, 4.69) is 20.5 Å². The molecular weight excluding hydrogens is 433 g/mol. The lowest BCUT2D eigenvalue weighted by atomic mass is 10.3. The third-order valence-corrected chi connectivity index (χ3v) is 5.21. The third kappa shape index (κ3) is 4.45. The van der Waals surface area contributed by atoms with E-state index in [9.17, 15) is 4.79 Å². The van der Waals surface area contributed by atoms with E-state index in [1.165, 1.54) is 24.0 Å². The minimum Gasteiger partial charge on any atom is -0.461 e. The van der Waals surface area contributed by atoms with Crippen molar-refractivity contribution in [2.24, 2.45) is 0 Å². The number of nitrogens with zero attached hydrogens (tertiary/aromatic N) is 4. The van der Waals surface area contributed by atoms with E-state index in [-0.39, 0.29) is 22.5 Å². The van der Waals surface area contributed by atoms with Gasteiger partial charge in [-0.1, -0.05) is 53.2 Å². The SMILES string of the molecule is O=C(CSc1nnc(-c2ccco2)n1-c1ccccc1)Nc1ncc(Cl)cc1Cl. The first-order valence-corrected chi connectivity index (χ1v) is 10.1. The summed E-state index contributed by atoms with van der Waals surface area (Å²) in [7, 11) is 0. The Kier molecular flexibility index (Phi) is 5.84. The fraction of sp³-hybridized carbons (Fsp3) is 0.0526. The molecule has 3 heterocycles. The van der Waals surface area contributed by atoms with Crippen LogP contribution in [0.3, 0.4) is 0 Å². The van der Waals surface area contributed by atoms with Gasteiger partial charge in [0.15, 0.2) is 16.7 Å². The highest BCUT2D eigenvalue weighted by Gasteiger charge is 2.19. The van der Waals surface area contributed by atoms with Crippen molar-refractivity contribution in [3.05, 3.63) is 71.0 Å². The number of carbonyl (C=O) groups excluding carboxylic acids is 1. The van der Waals surface area contributed by atoms with Gasteiger partial charge in [0.05, 0.1) is 22.1 Å². The van der Waals surface area contributed by atoms with Crippen molar-refractivity contribution in [1.29, 1.82) is 0 Å². The number of aromatic nitrogens is 4. The van der Waals surface area contributed by atoms with Crippen LogP contribution >= 0.6 is 35.0 Å². The summed E-state index contributed by atoms with van der Waals surface area (Å²) in [5.74, 6) is 1.18. The van der Waals surface area contributed by atoms with Crippen molar-refractivity contribution >= 4 is 46.7 Å². The molecule has 0 aliphatic carbocycles. The standard InChI is InChI=1S/C19H13Cl2N5O2S/c20-12-9-14(21)17(22-10-12)23-16(27)11-29-19-25-24-18(15-7-4-8-28-15)26(19)13-5-2-1-3-6-13/h1-10H,11H2,(H,22,23,27). The van der Waals surface area contributed by atoms with E-state index in [4.69, 9.17) is 27.6 Å². The Morgan fingerprint density at radius 3 is 2.69 bits per heavy atom. The van der Waals surface area contributed by atoms with Gasteiger partial charge in [0.25, 0.3) is 0 Å². The minimum atomic E-state index is -0.283. The molecule has 1 aromatic carbocycles. The van der Waals surface area contributed by atoms with Gasteiger partial charge in [0.1, 0.15) is 0 Å². The number of amides is 1. The average Bonchev–Trinajstić information content (AvgIpc) is 3.38. The minimum absolute atomic E-state index is 0.0871. The number of benzene rings is 1. The van der Waals surface area contributed by atoms with Crippen LogP contribution in [0.25, 0.3) is 17.3 Å². The van der Waals surface area contributed by atoms with Gasteiger partial charge < -0.3 is 9.73 Å². The van der Waals surface area contributed by atoms with Gasteiger partial charge in [-0.2, -0.15) is 0 Å². The zero-order valence-electron chi connectivity index (χ0n) is 14.8. The molecule has 0 aliphatic rings. The molecule has 4 rings (SSSR count). The van der Waals surface area contributed by atoms with E-state index in [0.29, 0.717) is 21.8 Å². The number of hydrogen-bond donors (Lipinski definition) is 1. The van der Waals surface area contributed by atoms with Gasteiger partial charge in [0.2, 0.25) is 11.7 Å². The highest BCUT2D eigenvalue weighted by molar-refractivity contribution is 7.99. The molecule has 0 saturated heterocycles. The van der Waals surface area contributed by atoms with Gasteiger partial charge in [-0.05, 0) is 30.3 Å². The molecule has 0 atom stereocenters. The topological polar surface area (TPSA) is 85.8 Å². The summed E-state index contributed by atoms with van der Waals surface area (Å²) < 4.78 is 7.31. The Labute approximate surface area is 180 Å². The lowest BCUT2D eigenvalue weighted by Gasteiger charge is -2.09. The van der Waals surface area contributed by atoms with Crippen molar-refractivity contribution in [2.75, 3.05) is 11.1 Å². The summed E-state index contributed by atoms with van der Waals surface area (Å²) in [6, 6.07) is 14.7. The molecule has 10 heteroatoms. The number of hydrogen-bond acceptors (Lipinski definition) is 6. The van der Waals surface area contributed by atoms with Crippen molar-refractivity contribution in [1.82, 2.24) is 19.7 Å². The zero-order valence-corrected chi connectivity index (χ0v) is 17.1. The van der Waals surface area contributed by atoms with Crippen molar-refractivity contribution in [2.45, 2.75) is 5.16 Å². The van der Waals surface area contributed by atoms with Crippen LogP contribution in [0.2, 0.25) is 10.0 Å². The summed E-state index contributed by atoms with van der Waals surface area (Å²) in [6.45, 7) is 0. The van der Waals surface area contributed by atoms with Crippen LogP contribution in [0, 0.1) is 0 Å². The fourth-order valence-electron chi connectivity index (χ4n) is 2.54. The van der Waals surface area contributed by atoms with Crippen LogP contribution in [-0.2, 0) is 4.79 Å². The van der Waals surface area contributed by atoms with Gasteiger partial charge in [-0.25, -0.2) is 4.98 Å². The summed E-state index contributed by atoms with van der Waals surface area (Å²) in [5.41, 5.74) is 0.856. The second-order valence-corrected chi connectivity index (χ2v) is 7.56. The summed E-state index contributed by atoms with van der Waals surface area (Å²) >= 11 is 13.1. The highest BCUT2D eigenvalue weighted by atomic mass is 35.5. The highest BCUT2D eigenvalue weighted by Crippen LogP contribution is 2.28. The maximum Gasteiger partial charge on any atom is 0.236 e. The van der Waals surface area contributed by atoms with Gasteiger partial charge in [0, 0.05) is 11.9 Å². The third-order valence-electron chi connectivity index (χ3n) is 3.79. The molecule has 1 amide bonds. The number of nitrogens with one attached hydrogen (secondary N) is 1. The summed E-state index contributed by atoms with van der Waals surface area (Å²) in [6.07, 6.45) is 2.99. The maximum atomic E-state index is 12.4. The van der Waals surface area contributed by atoms with Crippen molar-refractivity contribution in [3.8, 4) is 17.3 Å². The predicted octanol–water partition coefficient (Wildman–Crippen LogP) is 4.96. The number of para-hydroxylation sites is 1. The quantitative estimate of drug-likeness (QED) is 0.422. The molecule has 4 aromatic rings. The normalized spacial score (nSPS) is 10.8. The van der Waals surface area contributed by atoms with E-state index in [1.807, 2.05) is 34.9 Å². The molecule has 1 N–H and O–H groups in total. The Morgan fingerprint density at radius 1 is 1.14 bits per heavy atom. The lowest BCUT2D eigenvalue weighted by molar-refractivity contribution is -0.113. The molecule has 3 aromatic heterocycles. The van der Waals surface area contributed by atoms with Crippen LogP contribution in [0.1, 0.15) is 0 Å². The van der Waals surface area contributed by atoms with E-state index in [1.54, 1.807) is 18.4 Å². The molecule has 29 heavy (non-hydrogen) atoms. The second kappa shape index (κ2) is 8.69. The molecule has 0 unspecified atom stereocenters. The monoisotopic (exact) mass is 445 g/mol. The Bertz CT molecular complexity index is 1130. The molecule has 0 bridgehead atoms. The first-order valence-electron chi connectivity index (χ1n) is 8.40. The Morgan fingerprint density at radius 2 is 1.97 bits per heavy atom. The number of rotatable bonds is 6. The van der Waals surface area contributed by atoms with E-state index in [0.717, 1.165) is 5.69 Å². The molecule has 7 nitrogen and oxygen atoms in total. The smallest absolute Gasteiger partial charge is 0.236 e. The van der Waals surface area contributed by atoms with E-state index < -0.39 is 0 Å². The first-order chi connectivity index (χ1) is 14.1. The summed E-state index contributed by atoms with van der Waals surface area (Å²) in [5, 5.41) is 12.3.